The van der Waals surface area contributed by atoms with Gasteiger partial charge in [-0.2, -0.15) is 0 Å². The lowest BCUT2D eigenvalue weighted by Gasteiger charge is -2.04. The number of hydrogen-bond acceptors (Lipinski definition) is 3. The van der Waals surface area contributed by atoms with Gasteiger partial charge in [0.05, 0.1) is 17.8 Å². The van der Waals surface area contributed by atoms with Crippen LogP contribution in [0.3, 0.4) is 0 Å². The van der Waals surface area contributed by atoms with Crippen molar-refractivity contribution in [3.8, 4) is 34.1 Å². The second kappa shape index (κ2) is 8.62. The van der Waals surface area contributed by atoms with E-state index >= 15 is 0 Å². The summed E-state index contributed by atoms with van der Waals surface area (Å²) in [5.74, 6) is 3.57. The lowest BCUT2D eigenvalue weighted by atomic mass is 10.0. The van der Waals surface area contributed by atoms with Gasteiger partial charge in [-0.05, 0) is 84.0 Å². The van der Waals surface area contributed by atoms with Gasteiger partial charge in [0.2, 0.25) is 0 Å². The Kier molecular flexibility index (Phi) is 6.25. The first-order chi connectivity index (χ1) is 12.7. The fraction of sp³-hybridized carbons (Fsp3) is 0.273. The molecule has 1 aromatic heterocycles. The van der Waals surface area contributed by atoms with Crippen LogP contribution in [0.15, 0.2) is 52.9 Å². The molecule has 0 fully saturated rings. The molecule has 0 aliphatic carbocycles. The van der Waals surface area contributed by atoms with Gasteiger partial charge < -0.3 is 13.9 Å². The summed E-state index contributed by atoms with van der Waals surface area (Å²) in [5, 5.41) is 0. The molecule has 3 rings (SSSR count). The van der Waals surface area contributed by atoms with Crippen molar-refractivity contribution >= 4 is 22.6 Å². The average molecular weight is 462 g/mol. The Balaban J connectivity index is 2.06. The predicted molar refractivity (Wildman–Crippen MR) is 114 cm³/mol. The van der Waals surface area contributed by atoms with Crippen molar-refractivity contribution in [2.45, 2.75) is 26.2 Å². The van der Waals surface area contributed by atoms with Crippen molar-refractivity contribution in [1.82, 2.24) is 0 Å². The zero-order valence-corrected chi connectivity index (χ0v) is 17.5. The number of methoxy groups -OCH3 is 2. The van der Waals surface area contributed by atoms with E-state index in [-0.39, 0.29) is 0 Å². The zero-order valence-electron chi connectivity index (χ0n) is 15.3. The number of unbranched alkanes of at least 4 members (excludes halogenated alkanes) is 1. The molecule has 3 aromatic rings. The van der Waals surface area contributed by atoms with E-state index in [1.54, 1.807) is 14.2 Å². The van der Waals surface area contributed by atoms with E-state index in [4.69, 9.17) is 13.9 Å². The number of ether oxygens (including phenoxy) is 2. The number of rotatable bonds is 7. The molecule has 0 unspecified atom stereocenters. The van der Waals surface area contributed by atoms with Gasteiger partial charge >= 0.3 is 0 Å². The van der Waals surface area contributed by atoms with Crippen molar-refractivity contribution in [3.05, 3.63) is 57.7 Å². The van der Waals surface area contributed by atoms with Gasteiger partial charge in [-0.15, -0.1) is 0 Å². The summed E-state index contributed by atoms with van der Waals surface area (Å²) < 4.78 is 18.1. The van der Waals surface area contributed by atoms with Crippen LogP contribution in [0.5, 0.6) is 11.5 Å². The molecule has 0 aliphatic heterocycles. The summed E-state index contributed by atoms with van der Waals surface area (Å²) in [4.78, 5) is 0. The average Bonchev–Trinajstić information content (AvgIpc) is 3.02. The Bertz CT molecular complexity index is 848. The van der Waals surface area contributed by atoms with Gasteiger partial charge in [0, 0.05) is 16.7 Å². The molecule has 0 bridgehead atoms. The highest BCUT2D eigenvalue weighted by Crippen LogP contribution is 2.39. The minimum Gasteiger partial charge on any atom is -0.497 e. The van der Waals surface area contributed by atoms with Crippen LogP contribution in [0.2, 0.25) is 0 Å². The van der Waals surface area contributed by atoms with E-state index in [0.717, 1.165) is 53.4 Å². The van der Waals surface area contributed by atoms with E-state index < -0.39 is 0 Å². The number of benzene rings is 2. The van der Waals surface area contributed by atoms with E-state index in [2.05, 4.69) is 41.6 Å². The van der Waals surface area contributed by atoms with Crippen LogP contribution in [0.25, 0.3) is 22.6 Å². The molecule has 0 N–H and O–H groups in total. The maximum absolute atomic E-state index is 6.37. The van der Waals surface area contributed by atoms with Crippen LogP contribution in [0, 0.1) is 3.57 Å². The predicted octanol–water partition coefficient (Wildman–Crippen LogP) is 6.58. The first-order valence-corrected chi connectivity index (χ1v) is 9.85. The smallest absolute Gasteiger partial charge is 0.148 e. The van der Waals surface area contributed by atoms with Gasteiger partial charge in [0.1, 0.15) is 23.0 Å². The minimum absolute atomic E-state index is 0.844. The Morgan fingerprint density at radius 2 is 1.31 bits per heavy atom. The number of hydrogen-bond donors (Lipinski definition) is 0. The highest BCUT2D eigenvalue weighted by molar-refractivity contribution is 14.1. The van der Waals surface area contributed by atoms with Crippen molar-refractivity contribution < 1.29 is 13.9 Å². The molecule has 0 radical (unpaired) electrons. The fourth-order valence-electron chi connectivity index (χ4n) is 2.93. The van der Waals surface area contributed by atoms with E-state index in [1.165, 1.54) is 9.13 Å². The van der Waals surface area contributed by atoms with Gasteiger partial charge in [0.25, 0.3) is 0 Å². The zero-order chi connectivity index (χ0) is 18.5. The maximum Gasteiger partial charge on any atom is 0.148 e. The highest BCUT2D eigenvalue weighted by atomic mass is 127. The molecule has 0 saturated heterocycles. The van der Waals surface area contributed by atoms with E-state index in [0.29, 0.717) is 0 Å². The summed E-state index contributed by atoms with van der Waals surface area (Å²) in [6, 6.07) is 16.1. The van der Waals surface area contributed by atoms with Crippen molar-refractivity contribution in [2.24, 2.45) is 0 Å². The quantitative estimate of drug-likeness (QED) is 0.372. The molecule has 0 saturated carbocycles. The molecule has 0 spiro atoms. The molecular weight excluding hydrogens is 439 g/mol. The summed E-state index contributed by atoms with van der Waals surface area (Å²) >= 11 is 2.41. The Labute approximate surface area is 168 Å². The maximum atomic E-state index is 6.37. The second-order valence-corrected chi connectivity index (χ2v) is 7.19. The molecule has 4 heteroatoms. The summed E-state index contributed by atoms with van der Waals surface area (Å²) in [5.41, 5.74) is 3.42. The summed E-state index contributed by atoms with van der Waals surface area (Å²) in [6.45, 7) is 2.21. The Morgan fingerprint density at radius 3 is 1.77 bits per heavy atom. The Hall–Kier alpha value is -1.95. The van der Waals surface area contributed by atoms with Gasteiger partial charge in [-0.25, -0.2) is 0 Å². The normalized spacial score (nSPS) is 10.8. The molecule has 0 amide bonds. The van der Waals surface area contributed by atoms with Crippen LogP contribution in [0.4, 0.5) is 0 Å². The summed E-state index contributed by atoms with van der Waals surface area (Å²) in [6.07, 6.45) is 3.30. The lowest BCUT2D eigenvalue weighted by Crippen LogP contribution is -1.90. The molecule has 26 heavy (non-hydrogen) atoms. The summed E-state index contributed by atoms with van der Waals surface area (Å²) in [7, 11) is 3.36. The van der Waals surface area contributed by atoms with Crippen molar-refractivity contribution in [3.63, 3.8) is 0 Å². The van der Waals surface area contributed by atoms with Crippen molar-refractivity contribution in [1.29, 1.82) is 0 Å². The second-order valence-electron chi connectivity index (χ2n) is 6.11. The fourth-order valence-corrected chi connectivity index (χ4v) is 3.86. The molecule has 0 atom stereocenters. The van der Waals surface area contributed by atoms with E-state index in [1.807, 2.05) is 36.4 Å². The molecule has 3 nitrogen and oxygen atoms in total. The third kappa shape index (κ3) is 3.90. The van der Waals surface area contributed by atoms with Gasteiger partial charge in [-0.1, -0.05) is 13.3 Å². The number of halogens is 1. The van der Waals surface area contributed by atoms with Gasteiger partial charge in [0.15, 0.2) is 0 Å². The Morgan fingerprint density at radius 1 is 0.808 bits per heavy atom. The van der Waals surface area contributed by atoms with Crippen LogP contribution >= 0.6 is 22.6 Å². The first-order valence-electron chi connectivity index (χ1n) is 8.78. The molecular formula is C22H23IO3. The SMILES string of the molecule is CCCCc1c(-c2ccc(OC)cc2)oc(-c2ccc(OC)cc2)c1I. The molecule has 2 aromatic carbocycles. The standard InChI is InChI=1S/C22H23IO3/c1-4-5-6-19-20(23)22(16-9-13-18(25-3)14-10-16)26-21(19)15-7-11-17(24-2)12-8-15/h7-14H,4-6H2,1-3H3. The largest absolute Gasteiger partial charge is 0.497 e. The topological polar surface area (TPSA) is 31.6 Å². The number of furan rings is 1. The van der Waals surface area contributed by atoms with Crippen molar-refractivity contribution in [2.75, 3.05) is 14.2 Å². The lowest BCUT2D eigenvalue weighted by molar-refractivity contribution is 0.415. The van der Waals surface area contributed by atoms with Crippen LogP contribution in [0.1, 0.15) is 25.3 Å². The molecule has 1 heterocycles. The van der Waals surface area contributed by atoms with Gasteiger partial charge in [-0.3, -0.25) is 0 Å². The first kappa shape index (κ1) is 18.8. The van der Waals surface area contributed by atoms with E-state index in [9.17, 15) is 0 Å². The third-order valence-corrected chi connectivity index (χ3v) is 5.57. The van der Waals surface area contributed by atoms with Crippen LogP contribution in [-0.4, -0.2) is 14.2 Å². The highest BCUT2D eigenvalue weighted by Gasteiger charge is 2.20. The molecule has 0 aliphatic rings. The third-order valence-electron chi connectivity index (χ3n) is 4.43. The monoisotopic (exact) mass is 462 g/mol. The van der Waals surface area contributed by atoms with Crippen LogP contribution < -0.4 is 9.47 Å². The molecule has 136 valence electrons. The van der Waals surface area contributed by atoms with Crippen LogP contribution in [-0.2, 0) is 6.42 Å². The minimum atomic E-state index is 0.844.